The van der Waals surface area contributed by atoms with Gasteiger partial charge in [-0.25, -0.2) is 0 Å². The van der Waals surface area contributed by atoms with Crippen molar-refractivity contribution in [1.82, 2.24) is 10.2 Å². The molecular formula is C32H52N2O4. The first-order chi connectivity index (χ1) is 18.0. The van der Waals surface area contributed by atoms with E-state index >= 15 is 0 Å². The fourth-order valence-electron chi connectivity index (χ4n) is 10.7. The average molecular weight is 529 g/mol. The summed E-state index contributed by atoms with van der Waals surface area (Å²) in [7, 11) is 4.03. The van der Waals surface area contributed by atoms with E-state index in [1.54, 1.807) is 0 Å². The number of ether oxygens (including phenoxy) is 2. The van der Waals surface area contributed by atoms with Crippen LogP contribution in [0.3, 0.4) is 0 Å². The molecule has 1 amide bonds. The van der Waals surface area contributed by atoms with Crippen LogP contribution in [0.15, 0.2) is 0 Å². The number of hydrogen-bond acceptors (Lipinski definition) is 5. The van der Waals surface area contributed by atoms with Crippen molar-refractivity contribution in [3.63, 3.8) is 0 Å². The molecule has 2 saturated heterocycles. The number of amides is 1. The summed E-state index contributed by atoms with van der Waals surface area (Å²) in [5, 5.41) is 3.35. The molecule has 0 aromatic heterocycles. The minimum Gasteiger partial charge on any atom is -0.353 e. The highest BCUT2D eigenvalue weighted by Crippen LogP contribution is 2.70. The van der Waals surface area contributed by atoms with Crippen molar-refractivity contribution in [2.75, 3.05) is 27.2 Å². The van der Waals surface area contributed by atoms with Crippen LogP contribution >= 0.6 is 0 Å². The number of ketones is 1. The predicted molar refractivity (Wildman–Crippen MR) is 147 cm³/mol. The quantitative estimate of drug-likeness (QED) is 0.553. The maximum absolute atomic E-state index is 14.3. The number of fused-ring (bicyclic) bond motifs is 7. The van der Waals surface area contributed by atoms with Gasteiger partial charge in [0.2, 0.25) is 5.91 Å². The smallest absolute Gasteiger partial charge is 0.221 e. The molecule has 6 fully saturated rings. The van der Waals surface area contributed by atoms with E-state index in [9.17, 15) is 9.59 Å². The molecule has 2 aliphatic heterocycles. The van der Waals surface area contributed by atoms with Gasteiger partial charge in [0.05, 0.1) is 12.7 Å². The van der Waals surface area contributed by atoms with Crippen molar-refractivity contribution in [3.8, 4) is 0 Å². The molecule has 6 nitrogen and oxygen atoms in total. The zero-order chi connectivity index (χ0) is 27.0. The second-order valence-electron chi connectivity index (χ2n) is 15.1. The van der Waals surface area contributed by atoms with Crippen molar-refractivity contribution in [2.45, 2.75) is 110 Å². The van der Waals surface area contributed by atoms with Gasteiger partial charge in [0.1, 0.15) is 5.78 Å². The van der Waals surface area contributed by atoms with E-state index in [0.29, 0.717) is 47.8 Å². The molecule has 1 spiro atoms. The Morgan fingerprint density at radius 2 is 1.84 bits per heavy atom. The molecular weight excluding hydrogens is 476 g/mol. The molecule has 6 heteroatoms. The van der Waals surface area contributed by atoms with E-state index in [1.165, 1.54) is 12.8 Å². The fraction of sp³-hybridized carbons (Fsp3) is 0.938. The highest BCUT2D eigenvalue weighted by molar-refractivity contribution is 5.87. The van der Waals surface area contributed by atoms with Crippen molar-refractivity contribution >= 4 is 11.7 Å². The Kier molecular flexibility index (Phi) is 6.83. The average Bonchev–Trinajstić information content (AvgIpc) is 3.32. The largest absolute Gasteiger partial charge is 0.353 e. The SMILES string of the molecule is C[C@@H]1CC[C@@]2(OC1)OC1CC3C4CC[C@H]5C[C@@H](NC(=O)CCN(C)C)CC[C@]5(C)C4CC(=O)[C@]3(C)C1[C@@H]2C. The van der Waals surface area contributed by atoms with Crippen molar-refractivity contribution in [3.05, 3.63) is 0 Å². The Morgan fingerprint density at radius 3 is 2.55 bits per heavy atom. The Hall–Kier alpha value is -0.980. The van der Waals surface area contributed by atoms with Crippen LogP contribution in [0.25, 0.3) is 0 Å². The molecule has 38 heavy (non-hydrogen) atoms. The summed E-state index contributed by atoms with van der Waals surface area (Å²) in [5.74, 6) is 3.52. The van der Waals surface area contributed by atoms with E-state index in [4.69, 9.17) is 9.47 Å². The lowest BCUT2D eigenvalue weighted by molar-refractivity contribution is -0.272. The van der Waals surface area contributed by atoms with Crippen LogP contribution in [0.4, 0.5) is 0 Å². The lowest BCUT2D eigenvalue weighted by Crippen LogP contribution is -2.59. The van der Waals surface area contributed by atoms with Gasteiger partial charge in [0.15, 0.2) is 5.79 Å². The number of Topliss-reactive ketones (excluding diaryl/α,β-unsaturated/α-hetero) is 1. The summed E-state index contributed by atoms with van der Waals surface area (Å²) in [6.07, 6.45) is 10.3. The van der Waals surface area contributed by atoms with E-state index in [-0.39, 0.29) is 34.7 Å². The normalized spacial score (nSPS) is 51.9. The van der Waals surface area contributed by atoms with E-state index < -0.39 is 5.79 Å². The van der Waals surface area contributed by atoms with Crippen LogP contribution in [0, 0.1) is 52.3 Å². The predicted octanol–water partition coefficient (Wildman–Crippen LogP) is 5.05. The second kappa shape index (κ2) is 9.55. The molecule has 0 aromatic carbocycles. The Bertz CT molecular complexity index is 944. The number of hydrogen-bond donors (Lipinski definition) is 1. The van der Waals surface area contributed by atoms with E-state index in [1.807, 2.05) is 14.1 Å². The minimum atomic E-state index is -0.466. The van der Waals surface area contributed by atoms with Gasteiger partial charge >= 0.3 is 0 Å². The summed E-state index contributed by atoms with van der Waals surface area (Å²) >= 11 is 0. The highest BCUT2D eigenvalue weighted by Gasteiger charge is 2.71. The van der Waals surface area contributed by atoms with Crippen molar-refractivity contribution in [1.29, 1.82) is 0 Å². The molecule has 2 heterocycles. The van der Waals surface area contributed by atoms with Gasteiger partial charge in [0, 0.05) is 49.1 Å². The fourth-order valence-corrected chi connectivity index (χ4v) is 10.7. The van der Waals surface area contributed by atoms with E-state index in [2.05, 4.69) is 37.9 Å². The standard InChI is InChI=1S/C32H52N2O4/c1-19-9-13-32(37-18-19)20(2)29-26(38-32)16-25-23-8-7-21-15-22(33-28(36)11-14-34(5)6)10-12-30(21,3)24(23)17-27(35)31(25,29)4/h19-26,29H,7-18H2,1-6H3,(H,33,36)/t19-,20+,21+,22+,23?,24?,25?,26?,29?,30+,31-,32-/m1/s1. The Balaban J connectivity index is 1.16. The first kappa shape index (κ1) is 27.2. The first-order valence-corrected chi connectivity index (χ1v) is 15.8. The van der Waals surface area contributed by atoms with Crippen molar-refractivity contribution in [2.24, 2.45) is 52.3 Å². The van der Waals surface area contributed by atoms with Crippen LogP contribution in [0.1, 0.15) is 91.9 Å². The van der Waals surface area contributed by atoms with Crippen molar-refractivity contribution < 1.29 is 19.1 Å². The summed E-state index contributed by atoms with van der Waals surface area (Å²) in [4.78, 5) is 28.9. The molecule has 6 aliphatic rings. The molecule has 0 radical (unpaired) electrons. The van der Waals surface area contributed by atoms with Gasteiger partial charge in [0.25, 0.3) is 0 Å². The van der Waals surface area contributed by atoms with Gasteiger partial charge in [-0.05, 0) is 94.0 Å². The van der Waals surface area contributed by atoms with Crippen LogP contribution in [-0.4, -0.2) is 61.8 Å². The van der Waals surface area contributed by atoms with Gasteiger partial charge in [-0.2, -0.15) is 0 Å². The summed E-state index contributed by atoms with van der Waals surface area (Å²) in [5.41, 5.74) is -0.0687. The third kappa shape index (κ3) is 4.05. The highest BCUT2D eigenvalue weighted by atomic mass is 16.7. The number of nitrogens with zero attached hydrogens (tertiary/aromatic N) is 1. The third-order valence-corrected chi connectivity index (χ3v) is 13.0. The summed E-state index contributed by atoms with van der Waals surface area (Å²) in [6.45, 7) is 11.0. The zero-order valence-corrected chi connectivity index (χ0v) is 24.8. The first-order valence-electron chi connectivity index (χ1n) is 15.8. The molecule has 214 valence electrons. The lowest BCUT2D eigenvalue weighted by atomic mass is 9.44. The molecule has 5 unspecified atom stereocenters. The van der Waals surface area contributed by atoms with Gasteiger partial charge < -0.3 is 19.7 Å². The van der Waals surface area contributed by atoms with Gasteiger partial charge in [-0.1, -0.05) is 27.7 Å². The molecule has 1 N–H and O–H groups in total. The van der Waals surface area contributed by atoms with Crippen LogP contribution in [0.5, 0.6) is 0 Å². The molecule has 12 atom stereocenters. The van der Waals surface area contributed by atoms with Crippen LogP contribution < -0.4 is 5.32 Å². The summed E-state index contributed by atoms with van der Waals surface area (Å²) < 4.78 is 13.3. The number of carbonyl (C=O) groups is 2. The van der Waals surface area contributed by atoms with Crippen LogP contribution in [-0.2, 0) is 19.1 Å². The lowest BCUT2D eigenvalue weighted by Gasteiger charge is -2.60. The number of carbonyl (C=O) groups excluding carboxylic acids is 2. The minimum absolute atomic E-state index is 0.162. The third-order valence-electron chi connectivity index (χ3n) is 13.0. The molecule has 0 bridgehead atoms. The van der Waals surface area contributed by atoms with Crippen LogP contribution in [0.2, 0.25) is 0 Å². The monoisotopic (exact) mass is 528 g/mol. The zero-order valence-electron chi connectivity index (χ0n) is 24.8. The second-order valence-corrected chi connectivity index (χ2v) is 15.1. The topological polar surface area (TPSA) is 67.9 Å². The Labute approximate surface area is 230 Å². The molecule has 4 aliphatic carbocycles. The van der Waals surface area contributed by atoms with Gasteiger partial charge in [-0.3, -0.25) is 9.59 Å². The number of nitrogens with one attached hydrogen (secondary N) is 1. The Morgan fingerprint density at radius 1 is 1.05 bits per heavy atom. The maximum Gasteiger partial charge on any atom is 0.221 e. The van der Waals surface area contributed by atoms with Gasteiger partial charge in [-0.15, -0.1) is 0 Å². The molecule has 6 rings (SSSR count). The molecule has 0 aromatic rings. The van der Waals surface area contributed by atoms with E-state index in [0.717, 1.165) is 58.1 Å². The summed E-state index contributed by atoms with van der Waals surface area (Å²) in [6, 6.07) is 0.290. The maximum atomic E-state index is 14.3. The molecule has 4 saturated carbocycles. The number of rotatable bonds is 4.